The van der Waals surface area contributed by atoms with Crippen LogP contribution in [0, 0.1) is 20.8 Å². The first-order chi connectivity index (χ1) is 9.65. The number of ether oxygens (including phenoxy) is 1. The highest BCUT2D eigenvalue weighted by molar-refractivity contribution is 7.10. The molecule has 1 aromatic heterocycles. The molecule has 0 saturated carbocycles. The average molecular weight is 325 g/mol. The lowest BCUT2D eigenvalue weighted by Gasteiger charge is -2.21. The second-order valence-corrected chi connectivity index (χ2v) is 6.29. The maximum absolute atomic E-state index is 5.51. The van der Waals surface area contributed by atoms with Gasteiger partial charge in [0.15, 0.2) is 0 Å². The van der Waals surface area contributed by atoms with Crippen LogP contribution in [-0.4, -0.2) is 24.7 Å². The molecule has 0 radical (unpaired) electrons. The van der Waals surface area contributed by atoms with Crippen molar-refractivity contribution in [3.63, 3.8) is 0 Å². The Morgan fingerprint density at radius 3 is 2.67 bits per heavy atom. The van der Waals surface area contributed by atoms with Crippen LogP contribution < -0.4 is 5.32 Å². The van der Waals surface area contributed by atoms with Gasteiger partial charge >= 0.3 is 0 Å². The largest absolute Gasteiger partial charge is 0.378 e. The van der Waals surface area contributed by atoms with Crippen molar-refractivity contribution in [2.24, 2.45) is 0 Å². The van der Waals surface area contributed by atoms with Crippen LogP contribution in [-0.2, 0) is 4.74 Å². The highest BCUT2D eigenvalue weighted by Gasteiger charge is 2.19. The fourth-order valence-corrected chi connectivity index (χ4v) is 3.41. The minimum absolute atomic E-state index is 0. The van der Waals surface area contributed by atoms with E-state index < -0.39 is 0 Å². The summed E-state index contributed by atoms with van der Waals surface area (Å²) in [5.41, 5.74) is 6.27. The van der Waals surface area contributed by atoms with E-state index in [1.54, 1.807) is 11.3 Å². The van der Waals surface area contributed by atoms with E-state index in [-0.39, 0.29) is 18.4 Å². The molecule has 0 bridgehead atoms. The number of nitrogens with one attached hydrogen (secondary N) is 1. The summed E-state index contributed by atoms with van der Waals surface area (Å²) in [4.78, 5) is 4.81. The summed E-state index contributed by atoms with van der Waals surface area (Å²) >= 11 is 1.72. The van der Waals surface area contributed by atoms with Gasteiger partial charge in [-0.25, -0.2) is 4.98 Å². The van der Waals surface area contributed by atoms with Gasteiger partial charge in [-0.3, -0.25) is 0 Å². The summed E-state index contributed by atoms with van der Waals surface area (Å²) in [5, 5.41) is 6.74. The lowest BCUT2D eigenvalue weighted by molar-refractivity contribution is 0.0768. The maximum atomic E-state index is 5.51. The zero-order valence-electron chi connectivity index (χ0n) is 12.6. The molecule has 1 saturated heterocycles. The first-order valence-electron chi connectivity index (χ1n) is 7.00. The Morgan fingerprint density at radius 2 is 1.95 bits per heavy atom. The Morgan fingerprint density at radius 1 is 1.19 bits per heavy atom. The third-order valence-electron chi connectivity index (χ3n) is 3.86. The molecule has 1 fully saturated rings. The number of benzene rings is 1. The molecule has 21 heavy (non-hydrogen) atoms. The van der Waals surface area contributed by atoms with Crippen molar-refractivity contribution < 1.29 is 4.74 Å². The molecule has 1 atom stereocenters. The first kappa shape index (κ1) is 16.4. The summed E-state index contributed by atoms with van der Waals surface area (Å²) < 4.78 is 5.51. The summed E-state index contributed by atoms with van der Waals surface area (Å²) in [6, 6.07) is 4.73. The number of hydrogen-bond donors (Lipinski definition) is 1. The highest BCUT2D eigenvalue weighted by Crippen LogP contribution is 2.30. The minimum atomic E-state index is 0. The van der Waals surface area contributed by atoms with Crippen LogP contribution in [0.2, 0.25) is 0 Å². The van der Waals surface area contributed by atoms with E-state index >= 15 is 0 Å². The van der Waals surface area contributed by atoms with Crippen molar-refractivity contribution in [2.75, 3.05) is 19.8 Å². The summed E-state index contributed by atoms with van der Waals surface area (Å²) in [6.07, 6.45) is 0. The van der Waals surface area contributed by atoms with Crippen molar-refractivity contribution >= 4 is 23.7 Å². The van der Waals surface area contributed by atoms with E-state index in [1.807, 2.05) is 0 Å². The van der Waals surface area contributed by atoms with Gasteiger partial charge in [-0.1, -0.05) is 6.07 Å². The Labute approximate surface area is 136 Å². The molecule has 5 heteroatoms. The number of hydrogen-bond acceptors (Lipinski definition) is 4. The van der Waals surface area contributed by atoms with Gasteiger partial charge in [-0.05, 0) is 43.5 Å². The summed E-state index contributed by atoms with van der Waals surface area (Å²) in [7, 11) is 0. The maximum Gasteiger partial charge on any atom is 0.113 e. The van der Waals surface area contributed by atoms with Crippen LogP contribution >= 0.6 is 23.7 Å². The van der Waals surface area contributed by atoms with Crippen LogP contribution in [0.15, 0.2) is 17.5 Å². The van der Waals surface area contributed by atoms with Crippen molar-refractivity contribution in [1.82, 2.24) is 10.3 Å². The van der Waals surface area contributed by atoms with E-state index in [4.69, 9.17) is 9.72 Å². The number of thiazole rings is 1. The topological polar surface area (TPSA) is 34.1 Å². The summed E-state index contributed by atoms with van der Waals surface area (Å²) in [5.74, 6) is 0. The molecular weight excluding hydrogens is 304 g/mol. The molecule has 2 heterocycles. The van der Waals surface area contributed by atoms with Gasteiger partial charge in [0.25, 0.3) is 0 Å². The fourth-order valence-electron chi connectivity index (χ4n) is 2.53. The van der Waals surface area contributed by atoms with Crippen molar-refractivity contribution in [2.45, 2.75) is 26.8 Å². The van der Waals surface area contributed by atoms with Crippen molar-refractivity contribution in [3.05, 3.63) is 39.2 Å². The van der Waals surface area contributed by atoms with E-state index in [9.17, 15) is 0 Å². The molecule has 3 nitrogen and oxygen atoms in total. The number of aryl methyl sites for hydroxylation is 3. The van der Waals surface area contributed by atoms with Gasteiger partial charge in [0.05, 0.1) is 24.9 Å². The van der Waals surface area contributed by atoms with Crippen LogP contribution in [0.5, 0.6) is 0 Å². The molecule has 1 aliphatic rings. The van der Waals surface area contributed by atoms with Crippen molar-refractivity contribution in [3.8, 4) is 11.3 Å². The zero-order valence-corrected chi connectivity index (χ0v) is 14.2. The molecule has 3 rings (SSSR count). The number of rotatable bonds is 2. The molecule has 1 unspecified atom stereocenters. The van der Waals surface area contributed by atoms with E-state index in [0.717, 1.165) is 30.5 Å². The summed E-state index contributed by atoms with van der Waals surface area (Å²) in [6.45, 7) is 8.89. The minimum Gasteiger partial charge on any atom is -0.378 e. The molecule has 114 valence electrons. The van der Waals surface area contributed by atoms with Crippen LogP contribution in [0.3, 0.4) is 0 Å². The predicted octanol–water partition coefficient (Wildman–Crippen LogP) is 3.82. The second kappa shape index (κ2) is 6.88. The Bertz CT molecular complexity index is 621. The molecule has 1 aromatic carbocycles. The quantitative estimate of drug-likeness (QED) is 0.912. The third kappa shape index (κ3) is 3.46. The lowest BCUT2D eigenvalue weighted by Crippen LogP contribution is -2.34. The van der Waals surface area contributed by atoms with Crippen LogP contribution in [0.4, 0.5) is 0 Å². The predicted molar refractivity (Wildman–Crippen MR) is 90.6 cm³/mol. The average Bonchev–Trinajstić information content (AvgIpc) is 2.93. The van der Waals surface area contributed by atoms with Crippen LogP contribution in [0.1, 0.15) is 27.7 Å². The van der Waals surface area contributed by atoms with E-state index in [2.05, 4.69) is 43.6 Å². The normalized spacial score (nSPS) is 18.3. The van der Waals surface area contributed by atoms with Crippen molar-refractivity contribution in [1.29, 1.82) is 0 Å². The second-order valence-electron chi connectivity index (χ2n) is 5.40. The van der Waals surface area contributed by atoms with Crippen LogP contribution in [0.25, 0.3) is 11.3 Å². The zero-order chi connectivity index (χ0) is 14.1. The highest BCUT2D eigenvalue weighted by atomic mass is 35.5. The Balaban J connectivity index is 0.00000161. The van der Waals surface area contributed by atoms with Gasteiger partial charge in [0.2, 0.25) is 0 Å². The monoisotopic (exact) mass is 324 g/mol. The first-order valence-corrected chi connectivity index (χ1v) is 7.88. The van der Waals surface area contributed by atoms with Gasteiger partial charge < -0.3 is 10.1 Å². The number of morpholine rings is 1. The molecular formula is C16H21ClN2OS. The standard InChI is InChI=1S/C16H20N2OS.ClH/c1-10-6-12(3)13(7-11(10)2)15-9-20-16(18-15)14-8-19-5-4-17-14;/h6-7,9,14,17H,4-5,8H2,1-3H3;1H. The number of nitrogens with zero attached hydrogens (tertiary/aromatic N) is 1. The SMILES string of the molecule is Cc1cc(C)c(-c2csc(C3COCCN3)n2)cc1C.Cl. The molecule has 1 N–H and O–H groups in total. The van der Waals surface area contributed by atoms with E-state index in [1.165, 1.54) is 22.3 Å². The smallest absolute Gasteiger partial charge is 0.113 e. The van der Waals surface area contributed by atoms with E-state index in [0.29, 0.717) is 0 Å². The fraction of sp³-hybridized carbons (Fsp3) is 0.438. The number of aromatic nitrogens is 1. The molecule has 0 spiro atoms. The van der Waals surface area contributed by atoms with Gasteiger partial charge in [0.1, 0.15) is 5.01 Å². The lowest BCUT2D eigenvalue weighted by atomic mass is 9.99. The molecule has 2 aromatic rings. The molecule has 0 amide bonds. The number of halogens is 1. The Hall–Kier alpha value is -0.940. The van der Waals surface area contributed by atoms with Gasteiger partial charge in [0, 0.05) is 17.5 Å². The third-order valence-corrected chi connectivity index (χ3v) is 4.82. The Kier molecular flexibility index (Phi) is 5.38. The van der Waals surface area contributed by atoms with Gasteiger partial charge in [-0.2, -0.15) is 0 Å². The van der Waals surface area contributed by atoms with Gasteiger partial charge in [-0.15, -0.1) is 23.7 Å². The molecule has 0 aliphatic carbocycles. The molecule has 1 aliphatic heterocycles.